The lowest BCUT2D eigenvalue weighted by Crippen LogP contribution is -2.33. The number of alkyl halides is 2. The van der Waals surface area contributed by atoms with Gasteiger partial charge in [0.1, 0.15) is 5.75 Å². The molecule has 0 aromatic heterocycles. The van der Waals surface area contributed by atoms with Gasteiger partial charge >= 0.3 is 6.61 Å². The molecule has 1 aliphatic carbocycles. The largest absolute Gasteiger partial charge is 0.434 e. The van der Waals surface area contributed by atoms with E-state index in [2.05, 4.69) is 10.1 Å². The third kappa shape index (κ3) is 3.96. The molecule has 1 unspecified atom stereocenters. The Morgan fingerprint density at radius 2 is 1.76 bits per heavy atom. The fourth-order valence-corrected chi connectivity index (χ4v) is 2.90. The van der Waals surface area contributed by atoms with Gasteiger partial charge in [-0.15, -0.1) is 0 Å². The van der Waals surface area contributed by atoms with E-state index in [4.69, 9.17) is 0 Å². The number of carbonyl (C=O) groups excluding carboxylic acids is 1. The number of nitrogens with one attached hydrogen (secondary N) is 1. The van der Waals surface area contributed by atoms with Gasteiger partial charge < -0.3 is 15.2 Å². The number of ether oxygens (including phenoxy) is 1. The van der Waals surface area contributed by atoms with E-state index in [1.807, 2.05) is 30.3 Å². The number of halogens is 2. The van der Waals surface area contributed by atoms with Gasteiger partial charge in [0.2, 0.25) is 0 Å². The fraction of sp³-hybridized carbons (Fsp3) is 0.316. The van der Waals surface area contributed by atoms with Gasteiger partial charge in [-0.25, -0.2) is 0 Å². The quantitative estimate of drug-likeness (QED) is 0.806. The standard InChI is InChI=1S/C19H19F2NO3/c20-18(21)25-15-9-5-4-8-14(15)17(24)22-12-19(10-11-19)16(23)13-6-2-1-3-7-13/h1-9,16,18,23H,10-12H2,(H,22,24). The van der Waals surface area contributed by atoms with E-state index in [-0.39, 0.29) is 17.9 Å². The topological polar surface area (TPSA) is 58.6 Å². The molecule has 0 radical (unpaired) electrons. The van der Waals surface area contributed by atoms with E-state index in [1.54, 1.807) is 6.07 Å². The summed E-state index contributed by atoms with van der Waals surface area (Å²) in [5.41, 5.74) is 0.443. The lowest BCUT2D eigenvalue weighted by molar-refractivity contribution is -0.0501. The number of hydrogen-bond donors (Lipinski definition) is 2. The molecule has 0 saturated heterocycles. The van der Waals surface area contributed by atoms with Crippen molar-refractivity contribution < 1.29 is 23.4 Å². The molecule has 3 rings (SSSR count). The summed E-state index contributed by atoms with van der Waals surface area (Å²) >= 11 is 0. The molecule has 0 spiro atoms. The van der Waals surface area contributed by atoms with E-state index < -0.39 is 24.0 Å². The summed E-state index contributed by atoms with van der Waals surface area (Å²) in [7, 11) is 0. The molecular weight excluding hydrogens is 328 g/mol. The number of hydrogen-bond acceptors (Lipinski definition) is 3. The number of aliphatic hydroxyl groups excluding tert-OH is 1. The smallest absolute Gasteiger partial charge is 0.387 e. The fourth-order valence-electron chi connectivity index (χ4n) is 2.90. The molecule has 0 heterocycles. The molecule has 0 aliphatic heterocycles. The highest BCUT2D eigenvalue weighted by atomic mass is 19.3. The molecule has 2 aromatic carbocycles. The van der Waals surface area contributed by atoms with Crippen molar-refractivity contribution in [1.82, 2.24) is 5.32 Å². The van der Waals surface area contributed by atoms with Crippen molar-refractivity contribution in [2.24, 2.45) is 5.41 Å². The maximum Gasteiger partial charge on any atom is 0.387 e. The van der Waals surface area contributed by atoms with Gasteiger partial charge in [0.15, 0.2) is 0 Å². The zero-order valence-corrected chi connectivity index (χ0v) is 13.5. The maximum atomic E-state index is 12.5. The van der Waals surface area contributed by atoms with Crippen molar-refractivity contribution in [1.29, 1.82) is 0 Å². The van der Waals surface area contributed by atoms with Crippen molar-refractivity contribution in [2.75, 3.05) is 6.54 Å². The number of aliphatic hydroxyl groups is 1. The first-order chi connectivity index (χ1) is 12.0. The molecule has 2 N–H and O–H groups in total. The Hall–Kier alpha value is -2.47. The second kappa shape index (κ2) is 7.19. The summed E-state index contributed by atoms with van der Waals surface area (Å²) in [6, 6.07) is 15.1. The van der Waals surface area contributed by atoms with Gasteiger partial charge in [-0.3, -0.25) is 4.79 Å². The SMILES string of the molecule is O=C(NCC1(C(O)c2ccccc2)CC1)c1ccccc1OC(F)F. The highest BCUT2D eigenvalue weighted by Gasteiger charge is 2.49. The first-order valence-electron chi connectivity index (χ1n) is 8.07. The van der Waals surface area contributed by atoms with Crippen LogP contribution in [0, 0.1) is 5.41 Å². The lowest BCUT2D eigenvalue weighted by atomic mass is 9.92. The van der Waals surface area contributed by atoms with Crippen LogP contribution in [-0.4, -0.2) is 24.2 Å². The predicted octanol–water partition coefficient (Wildman–Crippen LogP) is 3.53. The van der Waals surface area contributed by atoms with Crippen LogP contribution in [0.25, 0.3) is 0 Å². The Morgan fingerprint density at radius 3 is 2.40 bits per heavy atom. The Bertz CT molecular complexity index is 732. The monoisotopic (exact) mass is 347 g/mol. The number of amides is 1. The third-order valence-electron chi connectivity index (χ3n) is 4.54. The third-order valence-corrected chi connectivity index (χ3v) is 4.54. The van der Waals surface area contributed by atoms with Gasteiger partial charge in [0.05, 0.1) is 11.7 Å². The van der Waals surface area contributed by atoms with Crippen molar-refractivity contribution >= 4 is 5.91 Å². The van der Waals surface area contributed by atoms with E-state index >= 15 is 0 Å². The summed E-state index contributed by atoms with van der Waals surface area (Å²) in [5, 5.41) is 13.3. The van der Waals surface area contributed by atoms with E-state index in [9.17, 15) is 18.7 Å². The molecule has 1 aliphatic rings. The molecule has 1 amide bonds. The normalized spacial score (nSPS) is 16.3. The van der Waals surface area contributed by atoms with E-state index in [0.29, 0.717) is 0 Å². The Morgan fingerprint density at radius 1 is 1.12 bits per heavy atom. The average molecular weight is 347 g/mol. The highest BCUT2D eigenvalue weighted by molar-refractivity contribution is 5.96. The van der Waals surface area contributed by atoms with Gasteiger partial charge in [0, 0.05) is 12.0 Å². The van der Waals surface area contributed by atoms with Crippen LogP contribution in [0.4, 0.5) is 8.78 Å². The van der Waals surface area contributed by atoms with Gasteiger partial charge in [-0.1, -0.05) is 42.5 Å². The summed E-state index contributed by atoms with van der Waals surface area (Å²) in [4.78, 5) is 12.4. The minimum atomic E-state index is -3.00. The highest BCUT2D eigenvalue weighted by Crippen LogP contribution is 2.54. The first-order valence-corrected chi connectivity index (χ1v) is 8.07. The van der Waals surface area contributed by atoms with Crippen LogP contribution < -0.4 is 10.1 Å². The van der Waals surface area contributed by atoms with Gasteiger partial charge in [0.25, 0.3) is 5.91 Å². The number of carbonyl (C=O) groups is 1. The Kier molecular flexibility index (Phi) is 4.99. The zero-order chi connectivity index (χ0) is 17.9. The van der Waals surface area contributed by atoms with Crippen molar-refractivity contribution in [3.8, 4) is 5.75 Å². The van der Waals surface area contributed by atoms with Crippen molar-refractivity contribution in [3.63, 3.8) is 0 Å². The molecule has 1 fully saturated rings. The predicted molar refractivity (Wildman–Crippen MR) is 88.5 cm³/mol. The second-order valence-electron chi connectivity index (χ2n) is 6.23. The molecule has 1 atom stereocenters. The summed E-state index contributed by atoms with van der Waals surface area (Å²) in [5.74, 6) is -0.661. The first kappa shape index (κ1) is 17.4. The molecule has 2 aromatic rings. The van der Waals surface area contributed by atoms with E-state index in [1.165, 1.54) is 18.2 Å². The molecule has 6 heteroatoms. The second-order valence-corrected chi connectivity index (χ2v) is 6.23. The van der Waals surface area contributed by atoms with Crippen LogP contribution in [0.15, 0.2) is 54.6 Å². The Balaban J connectivity index is 1.67. The van der Waals surface area contributed by atoms with E-state index in [0.717, 1.165) is 18.4 Å². The zero-order valence-electron chi connectivity index (χ0n) is 13.5. The van der Waals surface area contributed by atoms with Crippen LogP contribution in [0.1, 0.15) is 34.9 Å². The van der Waals surface area contributed by atoms with Crippen molar-refractivity contribution in [2.45, 2.75) is 25.6 Å². The van der Waals surface area contributed by atoms with Crippen LogP contribution >= 0.6 is 0 Å². The minimum absolute atomic E-state index is 0.0489. The number of para-hydroxylation sites is 1. The molecular formula is C19H19F2NO3. The minimum Gasteiger partial charge on any atom is -0.434 e. The molecule has 4 nitrogen and oxygen atoms in total. The number of rotatable bonds is 7. The van der Waals surface area contributed by atoms with Gasteiger partial charge in [-0.2, -0.15) is 8.78 Å². The summed E-state index contributed by atoms with van der Waals surface area (Å²) in [6.45, 7) is -2.73. The summed E-state index contributed by atoms with van der Waals surface area (Å²) in [6.07, 6.45) is 0.901. The molecule has 132 valence electrons. The van der Waals surface area contributed by atoms with Crippen LogP contribution in [0.5, 0.6) is 5.75 Å². The lowest BCUT2D eigenvalue weighted by Gasteiger charge is -2.23. The average Bonchev–Trinajstić information content (AvgIpc) is 3.41. The maximum absolute atomic E-state index is 12.5. The molecule has 25 heavy (non-hydrogen) atoms. The van der Waals surface area contributed by atoms with Crippen molar-refractivity contribution in [3.05, 3.63) is 65.7 Å². The van der Waals surface area contributed by atoms with Crippen LogP contribution in [-0.2, 0) is 0 Å². The van der Waals surface area contributed by atoms with Crippen LogP contribution in [0.3, 0.4) is 0 Å². The molecule has 0 bridgehead atoms. The number of benzene rings is 2. The summed E-state index contributed by atoms with van der Waals surface area (Å²) < 4.78 is 29.3. The Labute approximate surface area is 144 Å². The van der Waals surface area contributed by atoms with Gasteiger partial charge in [-0.05, 0) is 30.5 Å². The molecule has 1 saturated carbocycles. The van der Waals surface area contributed by atoms with Crippen LogP contribution in [0.2, 0.25) is 0 Å².